The lowest BCUT2D eigenvalue weighted by Crippen LogP contribution is -2.51. The number of halogens is 1. The highest BCUT2D eigenvalue weighted by molar-refractivity contribution is 6.30. The zero-order valence-electron chi connectivity index (χ0n) is 12.8. The van der Waals surface area contributed by atoms with Gasteiger partial charge in [-0.3, -0.25) is 4.79 Å². The highest BCUT2D eigenvalue weighted by atomic mass is 35.5. The Morgan fingerprint density at radius 2 is 1.75 bits per heavy atom. The summed E-state index contributed by atoms with van der Waals surface area (Å²) < 4.78 is 0. The van der Waals surface area contributed by atoms with Crippen LogP contribution in [0.2, 0.25) is 5.02 Å². The van der Waals surface area contributed by atoms with Crippen LogP contribution in [0.25, 0.3) is 0 Å². The first-order chi connectivity index (χ1) is 11.5. The van der Waals surface area contributed by atoms with E-state index in [0.29, 0.717) is 16.4 Å². The van der Waals surface area contributed by atoms with Crippen LogP contribution in [0, 0.1) is 5.92 Å². The van der Waals surface area contributed by atoms with E-state index in [0.717, 1.165) is 5.56 Å². The van der Waals surface area contributed by atoms with E-state index in [1.54, 1.807) is 24.3 Å². The fourth-order valence-electron chi connectivity index (χ4n) is 2.68. The summed E-state index contributed by atoms with van der Waals surface area (Å²) in [4.78, 5) is 24.5. The number of hydrogen-bond acceptors (Lipinski definition) is 2. The lowest BCUT2D eigenvalue weighted by atomic mass is 9.88. The van der Waals surface area contributed by atoms with E-state index in [2.05, 4.69) is 22.5 Å². The third-order valence-corrected chi connectivity index (χ3v) is 4.07. The summed E-state index contributed by atoms with van der Waals surface area (Å²) in [7, 11) is 0. The molecule has 1 aliphatic heterocycles. The van der Waals surface area contributed by atoms with E-state index in [-0.39, 0.29) is 11.9 Å². The summed E-state index contributed by atoms with van der Waals surface area (Å²) >= 11 is 5.86. The zero-order chi connectivity index (χ0) is 17.1. The molecule has 0 saturated carbocycles. The second-order valence-electron chi connectivity index (χ2n) is 5.49. The van der Waals surface area contributed by atoms with Crippen LogP contribution in [-0.2, 0) is 4.79 Å². The molecule has 2 aromatic carbocycles. The van der Waals surface area contributed by atoms with Crippen molar-refractivity contribution in [2.75, 3.05) is 5.32 Å². The second-order valence-corrected chi connectivity index (χ2v) is 5.92. The molecule has 0 aromatic heterocycles. The maximum absolute atomic E-state index is 12.8. The van der Waals surface area contributed by atoms with Gasteiger partial charge in [0, 0.05) is 16.4 Å². The average Bonchev–Trinajstić information content (AvgIpc) is 2.57. The SMILES string of the molecule is C=C1NC(=O)NC(c2ccccc2)C1C(=O)Nc1ccc(Cl)cc1. The van der Waals surface area contributed by atoms with Crippen LogP contribution in [0.3, 0.4) is 0 Å². The van der Waals surface area contributed by atoms with E-state index < -0.39 is 12.0 Å². The first kappa shape index (κ1) is 16.1. The molecule has 1 heterocycles. The maximum Gasteiger partial charge on any atom is 0.319 e. The van der Waals surface area contributed by atoms with Crippen molar-refractivity contribution in [1.82, 2.24) is 10.6 Å². The Balaban J connectivity index is 1.86. The van der Waals surface area contributed by atoms with Gasteiger partial charge in [-0.25, -0.2) is 4.79 Å². The van der Waals surface area contributed by atoms with Crippen LogP contribution in [0.4, 0.5) is 10.5 Å². The molecule has 1 saturated heterocycles. The summed E-state index contributed by atoms with van der Waals surface area (Å²) in [6, 6.07) is 15.3. The maximum atomic E-state index is 12.8. The van der Waals surface area contributed by atoms with E-state index in [9.17, 15) is 9.59 Å². The smallest absolute Gasteiger partial charge is 0.319 e. The molecule has 0 aliphatic carbocycles. The predicted molar refractivity (Wildman–Crippen MR) is 93.6 cm³/mol. The van der Waals surface area contributed by atoms with Gasteiger partial charge in [0.25, 0.3) is 0 Å². The predicted octanol–water partition coefficient (Wildman–Crippen LogP) is 3.46. The number of benzene rings is 2. The van der Waals surface area contributed by atoms with Gasteiger partial charge in [-0.05, 0) is 29.8 Å². The van der Waals surface area contributed by atoms with Crippen molar-refractivity contribution < 1.29 is 9.59 Å². The number of nitrogens with one attached hydrogen (secondary N) is 3. The van der Waals surface area contributed by atoms with Gasteiger partial charge in [0.2, 0.25) is 5.91 Å². The third kappa shape index (κ3) is 3.41. The molecule has 3 N–H and O–H groups in total. The van der Waals surface area contributed by atoms with Gasteiger partial charge >= 0.3 is 6.03 Å². The standard InChI is InChI=1S/C18H16ClN3O2/c1-11-15(17(23)21-14-9-7-13(19)8-10-14)16(22-18(24)20-11)12-5-3-2-4-6-12/h2-10,15-16H,1H2,(H,21,23)(H2,20,22,24). The molecular formula is C18H16ClN3O2. The van der Waals surface area contributed by atoms with E-state index >= 15 is 0 Å². The Kier molecular flexibility index (Phi) is 4.53. The van der Waals surface area contributed by atoms with Crippen LogP contribution in [0.15, 0.2) is 66.9 Å². The van der Waals surface area contributed by atoms with Gasteiger partial charge in [0.15, 0.2) is 0 Å². The van der Waals surface area contributed by atoms with Crippen molar-refractivity contribution in [1.29, 1.82) is 0 Å². The molecule has 0 spiro atoms. The summed E-state index contributed by atoms with van der Waals surface area (Å²) in [5.41, 5.74) is 1.82. The van der Waals surface area contributed by atoms with E-state index in [1.165, 1.54) is 0 Å². The highest BCUT2D eigenvalue weighted by Crippen LogP contribution is 2.30. The van der Waals surface area contributed by atoms with Crippen molar-refractivity contribution >= 4 is 29.2 Å². The van der Waals surface area contributed by atoms with Gasteiger partial charge in [-0.2, -0.15) is 0 Å². The molecule has 3 amide bonds. The minimum absolute atomic E-state index is 0.260. The molecule has 2 atom stereocenters. The molecule has 2 aromatic rings. The Morgan fingerprint density at radius 1 is 1.08 bits per heavy atom. The topological polar surface area (TPSA) is 70.2 Å². The lowest BCUT2D eigenvalue weighted by Gasteiger charge is -2.33. The van der Waals surface area contributed by atoms with Crippen molar-refractivity contribution in [3.05, 3.63) is 77.5 Å². The molecule has 1 aliphatic rings. The number of carbonyl (C=O) groups is 2. The van der Waals surface area contributed by atoms with Gasteiger partial charge in [0.1, 0.15) is 5.92 Å². The van der Waals surface area contributed by atoms with E-state index in [4.69, 9.17) is 11.6 Å². The zero-order valence-corrected chi connectivity index (χ0v) is 13.5. The molecule has 122 valence electrons. The quantitative estimate of drug-likeness (QED) is 0.800. The first-order valence-corrected chi connectivity index (χ1v) is 7.80. The molecule has 3 rings (SSSR count). The number of anilines is 1. The number of hydrogen-bond donors (Lipinski definition) is 3. The summed E-state index contributed by atoms with van der Waals surface area (Å²) in [5.74, 6) is -0.899. The molecule has 0 radical (unpaired) electrons. The molecule has 6 heteroatoms. The Morgan fingerprint density at radius 3 is 2.42 bits per heavy atom. The summed E-state index contributed by atoms with van der Waals surface area (Å²) in [6.45, 7) is 3.84. The van der Waals surface area contributed by atoms with Gasteiger partial charge in [-0.1, -0.05) is 48.5 Å². The third-order valence-electron chi connectivity index (χ3n) is 3.82. The number of urea groups is 1. The molecule has 5 nitrogen and oxygen atoms in total. The molecular weight excluding hydrogens is 326 g/mol. The monoisotopic (exact) mass is 341 g/mol. The van der Waals surface area contributed by atoms with Crippen molar-refractivity contribution in [3.63, 3.8) is 0 Å². The number of amides is 3. The van der Waals surface area contributed by atoms with Crippen molar-refractivity contribution in [2.24, 2.45) is 5.92 Å². The van der Waals surface area contributed by atoms with Crippen LogP contribution in [0.5, 0.6) is 0 Å². The summed E-state index contributed by atoms with van der Waals surface area (Å²) in [6.07, 6.45) is 0. The Labute approximate surface area is 144 Å². The normalized spacial score (nSPS) is 20.0. The van der Waals surface area contributed by atoms with Crippen LogP contribution < -0.4 is 16.0 Å². The average molecular weight is 342 g/mol. The van der Waals surface area contributed by atoms with Gasteiger partial charge in [0.05, 0.1) is 6.04 Å². The van der Waals surface area contributed by atoms with Crippen LogP contribution >= 0.6 is 11.6 Å². The lowest BCUT2D eigenvalue weighted by molar-refractivity contribution is -0.119. The van der Waals surface area contributed by atoms with Crippen LogP contribution in [-0.4, -0.2) is 11.9 Å². The largest absolute Gasteiger partial charge is 0.330 e. The van der Waals surface area contributed by atoms with Gasteiger partial charge < -0.3 is 16.0 Å². The first-order valence-electron chi connectivity index (χ1n) is 7.42. The Hall–Kier alpha value is -2.79. The molecule has 1 fully saturated rings. The van der Waals surface area contributed by atoms with Crippen molar-refractivity contribution in [3.8, 4) is 0 Å². The fraction of sp³-hybridized carbons (Fsp3) is 0.111. The minimum Gasteiger partial charge on any atom is -0.330 e. The van der Waals surface area contributed by atoms with E-state index in [1.807, 2.05) is 30.3 Å². The summed E-state index contributed by atoms with van der Waals surface area (Å²) in [5, 5.41) is 8.80. The molecule has 24 heavy (non-hydrogen) atoms. The molecule has 0 bridgehead atoms. The number of rotatable bonds is 3. The fourth-order valence-corrected chi connectivity index (χ4v) is 2.81. The van der Waals surface area contributed by atoms with Crippen LogP contribution in [0.1, 0.15) is 11.6 Å². The van der Waals surface area contributed by atoms with Gasteiger partial charge in [-0.15, -0.1) is 0 Å². The van der Waals surface area contributed by atoms with Crippen molar-refractivity contribution in [2.45, 2.75) is 6.04 Å². The number of carbonyl (C=O) groups excluding carboxylic acids is 2. The Bertz CT molecular complexity index is 775. The minimum atomic E-state index is -0.638. The highest BCUT2D eigenvalue weighted by Gasteiger charge is 2.37. The second kappa shape index (κ2) is 6.76. The molecule has 2 unspecified atom stereocenters.